The summed E-state index contributed by atoms with van der Waals surface area (Å²) in [5.41, 5.74) is 1.01. The molecule has 0 aliphatic heterocycles. The second kappa shape index (κ2) is 5.96. The van der Waals surface area contributed by atoms with Gasteiger partial charge in [-0.2, -0.15) is 0 Å². The summed E-state index contributed by atoms with van der Waals surface area (Å²) in [6.07, 6.45) is 10.3. The van der Waals surface area contributed by atoms with Crippen LogP contribution in [0.3, 0.4) is 0 Å². The largest absolute Gasteiger partial charge is 0.355 e. The summed E-state index contributed by atoms with van der Waals surface area (Å²) < 4.78 is 0. The zero-order chi connectivity index (χ0) is 12.1. The molecule has 0 saturated heterocycles. The number of nitrogens with zero attached hydrogens (tertiary/aromatic N) is 3. The van der Waals surface area contributed by atoms with Crippen molar-refractivity contribution in [2.75, 3.05) is 19.0 Å². The van der Waals surface area contributed by atoms with Crippen molar-refractivity contribution in [1.82, 2.24) is 15.3 Å². The van der Waals surface area contributed by atoms with E-state index in [4.69, 9.17) is 0 Å². The highest BCUT2D eigenvalue weighted by atomic mass is 15.2. The molecule has 0 spiro atoms. The normalized spacial score (nSPS) is 17.1. The van der Waals surface area contributed by atoms with Crippen molar-refractivity contribution in [3.8, 4) is 0 Å². The van der Waals surface area contributed by atoms with E-state index in [1.165, 1.54) is 32.1 Å². The Morgan fingerprint density at radius 3 is 2.76 bits per heavy atom. The summed E-state index contributed by atoms with van der Waals surface area (Å²) in [5.74, 6) is 1.00. The summed E-state index contributed by atoms with van der Waals surface area (Å²) in [6, 6.07) is 0.642. The third-order valence-electron chi connectivity index (χ3n) is 3.51. The Bertz CT molecular complexity index is 347. The molecule has 0 aromatic carbocycles. The maximum Gasteiger partial charge on any atom is 0.147 e. The first-order valence-electron chi connectivity index (χ1n) is 6.49. The molecule has 1 fully saturated rings. The molecule has 0 radical (unpaired) electrons. The van der Waals surface area contributed by atoms with Gasteiger partial charge in [-0.3, -0.25) is 4.98 Å². The first-order chi connectivity index (χ1) is 8.31. The van der Waals surface area contributed by atoms with Crippen molar-refractivity contribution in [1.29, 1.82) is 0 Å². The molecule has 2 rings (SSSR count). The van der Waals surface area contributed by atoms with Gasteiger partial charge in [0.25, 0.3) is 0 Å². The molecule has 17 heavy (non-hydrogen) atoms. The van der Waals surface area contributed by atoms with E-state index >= 15 is 0 Å². The molecule has 0 unspecified atom stereocenters. The zero-order valence-electron chi connectivity index (χ0n) is 10.8. The van der Waals surface area contributed by atoms with Gasteiger partial charge in [0.1, 0.15) is 5.82 Å². The van der Waals surface area contributed by atoms with E-state index in [1.54, 1.807) is 0 Å². The number of hydrogen-bond acceptors (Lipinski definition) is 4. The number of hydrogen-bond donors (Lipinski definition) is 1. The summed E-state index contributed by atoms with van der Waals surface area (Å²) in [5, 5.41) is 3.11. The van der Waals surface area contributed by atoms with Crippen molar-refractivity contribution in [3.63, 3.8) is 0 Å². The lowest BCUT2D eigenvalue weighted by Gasteiger charge is -2.32. The van der Waals surface area contributed by atoms with Crippen molar-refractivity contribution < 1.29 is 0 Å². The molecule has 1 N–H and O–H groups in total. The summed E-state index contributed by atoms with van der Waals surface area (Å²) in [6.45, 7) is 0.777. The van der Waals surface area contributed by atoms with Crippen molar-refractivity contribution in [2.24, 2.45) is 0 Å². The van der Waals surface area contributed by atoms with Gasteiger partial charge in [0.2, 0.25) is 0 Å². The predicted octanol–water partition coefficient (Wildman–Crippen LogP) is 1.96. The monoisotopic (exact) mass is 234 g/mol. The molecule has 1 saturated carbocycles. The Kier molecular flexibility index (Phi) is 4.31. The maximum absolute atomic E-state index is 4.64. The van der Waals surface area contributed by atoms with Crippen LogP contribution in [-0.2, 0) is 6.54 Å². The Morgan fingerprint density at radius 1 is 1.29 bits per heavy atom. The van der Waals surface area contributed by atoms with E-state index < -0.39 is 0 Å². The smallest absolute Gasteiger partial charge is 0.147 e. The topological polar surface area (TPSA) is 41.1 Å². The van der Waals surface area contributed by atoms with Gasteiger partial charge in [-0.05, 0) is 19.9 Å². The van der Waals surface area contributed by atoms with Crippen LogP contribution >= 0.6 is 0 Å². The number of anilines is 1. The standard InChI is InChI=1S/C13H22N4/c1-14-8-11-9-15-10-13(16-11)17(2)12-6-4-3-5-7-12/h9-10,12,14H,3-8H2,1-2H3. The van der Waals surface area contributed by atoms with Gasteiger partial charge in [-0.25, -0.2) is 4.98 Å². The van der Waals surface area contributed by atoms with Gasteiger partial charge in [-0.15, -0.1) is 0 Å². The van der Waals surface area contributed by atoms with Crippen molar-refractivity contribution >= 4 is 5.82 Å². The quantitative estimate of drug-likeness (QED) is 0.864. The number of rotatable bonds is 4. The molecule has 4 heteroatoms. The van der Waals surface area contributed by atoms with Crippen LogP contribution < -0.4 is 10.2 Å². The zero-order valence-corrected chi connectivity index (χ0v) is 10.8. The van der Waals surface area contributed by atoms with Gasteiger partial charge in [-0.1, -0.05) is 19.3 Å². The molecule has 0 atom stereocenters. The fourth-order valence-electron chi connectivity index (χ4n) is 2.49. The van der Waals surface area contributed by atoms with Gasteiger partial charge in [0, 0.05) is 25.8 Å². The maximum atomic E-state index is 4.64. The fraction of sp³-hybridized carbons (Fsp3) is 0.692. The molecule has 4 nitrogen and oxygen atoms in total. The number of aromatic nitrogens is 2. The third-order valence-corrected chi connectivity index (χ3v) is 3.51. The number of nitrogens with one attached hydrogen (secondary N) is 1. The Balaban J connectivity index is 2.06. The van der Waals surface area contributed by atoms with Crippen LogP contribution in [-0.4, -0.2) is 30.1 Å². The summed E-state index contributed by atoms with van der Waals surface area (Å²) in [4.78, 5) is 11.2. The highest BCUT2D eigenvalue weighted by molar-refractivity contribution is 5.36. The molecule has 0 bridgehead atoms. The molecular formula is C13H22N4. The van der Waals surface area contributed by atoms with E-state index in [9.17, 15) is 0 Å². The SMILES string of the molecule is CNCc1cncc(N(C)C2CCCCC2)n1. The molecule has 1 aliphatic rings. The van der Waals surface area contributed by atoms with E-state index in [0.717, 1.165) is 18.1 Å². The predicted molar refractivity (Wildman–Crippen MR) is 70.1 cm³/mol. The highest BCUT2D eigenvalue weighted by Crippen LogP contribution is 2.24. The lowest BCUT2D eigenvalue weighted by atomic mass is 9.94. The Morgan fingerprint density at radius 2 is 2.06 bits per heavy atom. The molecule has 1 heterocycles. The van der Waals surface area contributed by atoms with Gasteiger partial charge in [0.05, 0.1) is 11.9 Å². The lowest BCUT2D eigenvalue weighted by molar-refractivity contribution is 0.425. The van der Waals surface area contributed by atoms with E-state index in [0.29, 0.717) is 6.04 Å². The first-order valence-corrected chi connectivity index (χ1v) is 6.49. The van der Waals surface area contributed by atoms with E-state index in [1.807, 2.05) is 19.4 Å². The minimum absolute atomic E-state index is 0.642. The third kappa shape index (κ3) is 3.16. The molecule has 0 amide bonds. The first kappa shape index (κ1) is 12.3. The highest BCUT2D eigenvalue weighted by Gasteiger charge is 2.19. The van der Waals surface area contributed by atoms with Crippen LogP contribution in [0.1, 0.15) is 37.8 Å². The summed E-state index contributed by atoms with van der Waals surface area (Å²) >= 11 is 0. The molecule has 1 aromatic rings. The van der Waals surface area contributed by atoms with Gasteiger partial charge >= 0.3 is 0 Å². The molecule has 94 valence electrons. The minimum Gasteiger partial charge on any atom is -0.355 e. The molecule has 1 aliphatic carbocycles. The average Bonchev–Trinajstić information content (AvgIpc) is 2.40. The van der Waals surface area contributed by atoms with Gasteiger partial charge in [0.15, 0.2) is 0 Å². The Labute approximate surface area is 103 Å². The van der Waals surface area contributed by atoms with Crippen LogP contribution in [0.15, 0.2) is 12.4 Å². The van der Waals surface area contributed by atoms with Crippen molar-refractivity contribution in [2.45, 2.75) is 44.7 Å². The van der Waals surface area contributed by atoms with E-state index in [2.05, 4.69) is 27.2 Å². The second-order valence-corrected chi connectivity index (χ2v) is 4.80. The van der Waals surface area contributed by atoms with Crippen LogP contribution in [0.25, 0.3) is 0 Å². The fourth-order valence-corrected chi connectivity index (χ4v) is 2.49. The van der Waals surface area contributed by atoms with Crippen LogP contribution in [0, 0.1) is 0 Å². The molecule has 1 aromatic heterocycles. The summed E-state index contributed by atoms with van der Waals surface area (Å²) in [7, 11) is 4.07. The van der Waals surface area contributed by atoms with E-state index in [-0.39, 0.29) is 0 Å². The van der Waals surface area contributed by atoms with Crippen molar-refractivity contribution in [3.05, 3.63) is 18.1 Å². The van der Waals surface area contributed by atoms with Gasteiger partial charge < -0.3 is 10.2 Å². The van der Waals surface area contributed by atoms with Crippen LogP contribution in [0.2, 0.25) is 0 Å². The van der Waals surface area contributed by atoms with Crippen LogP contribution in [0.5, 0.6) is 0 Å². The average molecular weight is 234 g/mol. The molecular weight excluding hydrogens is 212 g/mol. The minimum atomic E-state index is 0.642. The lowest BCUT2D eigenvalue weighted by Crippen LogP contribution is -2.34. The Hall–Kier alpha value is -1.16. The van der Waals surface area contributed by atoms with Crippen LogP contribution in [0.4, 0.5) is 5.82 Å². The second-order valence-electron chi connectivity index (χ2n) is 4.80.